The van der Waals surface area contributed by atoms with Gasteiger partial charge in [0.15, 0.2) is 10.9 Å². The van der Waals surface area contributed by atoms with Crippen LogP contribution in [0.25, 0.3) is 0 Å². The molecule has 0 aliphatic carbocycles. The number of piperazine rings is 1. The van der Waals surface area contributed by atoms with Crippen LogP contribution in [0, 0.1) is 5.41 Å². The minimum absolute atomic E-state index is 0.140. The average Bonchev–Trinajstić information content (AvgIpc) is 3.26. The van der Waals surface area contributed by atoms with E-state index in [-0.39, 0.29) is 17.7 Å². The Morgan fingerprint density at radius 1 is 1.06 bits per heavy atom. The Balaban J connectivity index is 1.62. The summed E-state index contributed by atoms with van der Waals surface area (Å²) in [6, 6.07) is 17.3. The molecule has 4 rings (SSSR count). The molecule has 0 saturated carbocycles. The molecule has 35 heavy (non-hydrogen) atoms. The number of hydrogen-bond acceptors (Lipinski definition) is 7. The molecule has 8 heteroatoms. The standard InChI is InChI=1S/C27H32N4O3S/c1-18-17-30(20-13-9-10-14-21(20)34-5)15-16-31(18)26-29-24(28-25(33)27(2,3)4)23(35-26)22(32)19-11-7-6-8-12-19/h6-14,18H,15-17H2,1-5H3,(H,28,33). The van der Waals surface area contributed by atoms with Crippen LogP contribution in [-0.2, 0) is 4.79 Å². The molecule has 3 aromatic rings. The van der Waals surface area contributed by atoms with Crippen molar-refractivity contribution in [3.63, 3.8) is 0 Å². The van der Waals surface area contributed by atoms with Crippen LogP contribution < -0.4 is 19.9 Å². The third-order valence-corrected chi connectivity index (χ3v) is 7.16. The second-order valence-corrected chi connectivity index (χ2v) is 10.7. The number of benzene rings is 2. The predicted molar refractivity (Wildman–Crippen MR) is 142 cm³/mol. The molecule has 1 aliphatic heterocycles. The lowest BCUT2D eigenvalue weighted by Crippen LogP contribution is -2.52. The van der Waals surface area contributed by atoms with Crippen LogP contribution in [0.15, 0.2) is 54.6 Å². The van der Waals surface area contributed by atoms with Gasteiger partial charge in [-0.1, -0.05) is 74.6 Å². The lowest BCUT2D eigenvalue weighted by Gasteiger charge is -2.41. The van der Waals surface area contributed by atoms with Crippen LogP contribution in [0.3, 0.4) is 0 Å². The van der Waals surface area contributed by atoms with E-state index in [0.29, 0.717) is 16.3 Å². The van der Waals surface area contributed by atoms with Crippen molar-refractivity contribution in [1.82, 2.24) is 4.98 Å². The van der Waals surface area contributed by atoms with E-state index in [4.69, 9.17) is 9.72 Å². The monoisotopic (exact) mass is 492 g/mol. The lowest BCUT2D eigenvalue weighted by atomic mass is 9.96. The van der Waals surface area contributed by atoms with E-state index in [0.717, 1.165) is 36.2 Å². The van der Waals surface area contributed by atoms with Crippen LogP contribution in [0.4, 0.5) is 16.6 Å². The van der Waals surface area contributed by atoms with E-state index in [1.54, 1.807) is 19.2 Å². The molecule has 1 unspecified atom stereocenters. The third-order valence-electron chi connectivity index (χ3n) is 6.07. The van der Waals surface area contributed by atoms with Gasteiger partial charge in [-0.2, -0.15) is 0 Å². The molecular weight excluding hydrogens is 460 g/mol. The van der Waals surface area contributed by atoms with Gasteiger partial charge < -0.3 is 19.9 Å². The van der Waals surface area contributed by atoms with Gasteiger partial charge >= 0.3 is 0 Å². The normalized spacial score (nSPS) is 16.2. The summed E-state index contributed by atoms with van der Waals surface area (Å²) < 4.78 is 5.55. The minimum Gasteiger partial charge on any atom is -0.495 e. The Labute approximate surface area is 210 Å². The van der Waals surface area contributed by atoms with Crippen LogP contribution in [-0.4, -0.2) is 49.5 Å². The number of methoxy groups -OCH3 is 1. The summed E-state index contributed by atoms with van der Waals surface area (Å²) in [6.07, 6.45) is 0. The van der Waals surface area contributed by atoms with Crippen molar-refractivity contribution in [2.75, 3.05) is 41.9 Å². The number of hydrogen-bond donors (Lipinski definition) is 1. The Morgan fingerprint density at radius 3 is 2.40 bits per heavy atom. The number of nitrogens with one attached hydrogen (secondary N) is 1. The molecule has 1 fully saturated rings. The summed E-state index contributed by atoms with van der Waals surface area (Å²) in [6.45, 7) is 9.98. The van der Waals surface area contributed by atoms with Crippen LogP contribution >= 0.6 is 11.3 Å². The van der Waals surface area contributed by atoms with Gasteiger partial charge in [0, 0.05) is 36.7 Å². The van der Waals surface area contributed by atoms with Crippen molar-refractivity contribution in [1.29, 1.82) is 0 Å². The number of ketones is 1. The second kappa shape index (κ2) is 10.1. The number of thiazole rings is 1. The van der Waals surface area contributed by atoms with E-state index in [2.05, 4.69) is 28.1 Å². The SMILES string of the molecule is COc1ccccc1N1CCN(c2nc(NC(=O)C(C)(C)C)c(C(=O)c3ccccc3)s2)C(C)C1. The zero-order valence-electron chi connectivity index (χ0n) is 20.9. The molecule has 1 aromatic heterocycles. The van der Waals surface area contributed by atoms with Crippen molar-refractivity contribution in [2.24, 2.45) is 5.41 Å². The average molecular weight is 493 g/mol. The first-order chi connectivity index (χ1) is 16.7. The summed E-state index contributed by atoms with van der Waals surface area (Å²) in [5, 5.41) is 3.65. The molecule has 0 spiro atoms. The lowest BCUT2D eigenvalue weighted by molar-refractivity contribution is -0.123. The molecule has 1 atom stereocenters. The van der Waals surface area contributed by atoms with E-state index < -0.39 is 5.41 Å². The van der Waals surface area contributed by atoms with Gasteiger partial charge in [0.2, 0.25) is 11.7 Å². The van der Waals surface area contributed by atoms with Gasteiger partial charge in [0.1, 0.15) is 10.6 Å². The molecule has 184 valence electrons. The quantitative estimate of drug-likeness (QED) is 0.484. The maximum Gasteiger partial charge on any atom is 0.230 e. The largest absolute Gasteiger partial charge is 0.495 e. The van der Waals surface area contributed by atoms with Crippen LogP contribution in [0.1, 0.15) is 42.9 Å². The minimum atomic E-state index is -0.607. The number of ether oxygens (including phenoxy) is 1. The fourth-order valence-electron chi connectivity index (χ4n) is 4.04. The summed E-state index contributed by atoms with van der Waals surface area (Å²) in [7, 11) is 1.69. The van der Waals surface area contributed by atoms with E-state index in [1.807, 2.05) is 57.2 Å². The second-order valence-electron chi connectivity index (χ2n) is 9.73. The number of nitrogens with zero attached hydrogens (tertiary/aromatic N) is 3. The first-order valence-corrected chi connectivity index (χ1v) is 12.6. The number of rotatable bonds is 6. The highest BCUT2D eigenvalue weighted by Gasteiger charge is 2.31. The highest BCUT2D eigenvalue weighted by molar-refractivity contribution is 7.18. The molecule has 1 aliphatic rings. The number of aromatic nitrogens is 1. The van der Waals surface area contributed by atoms with Crippen molar-refractivity contribution in [2.45, 2.75) is 33.7 Å². The Bertz CT molecular complexity index is 1200. The van der Waals surface area contributed by atoms with Gasteiger partial charge in [-0.3, -0.25) is 9.59 Å². The van der Waals surface area contributed by atoms with Crippen molar-refractivity contribution in [3.05, 3.63) is 65.0 Å². The Morgan fingerprint density at radius 2 is 1.74 bits per heavy atom. The van der Waals surface area contributed by atoms with E-state index in [1.165, 1.54) is 11.3 Å². The zero-order chi connectivity index (χ0) is 25.2. The molecule has 0 radical (unpaired) electrons. The highest BCUT2D eigenvalue weighted by atomic mass is 32.1. The maximum absolute atomic E-state index is 13.4. The first-order valence-electron chi connectivity index (χ1n) is 11.8. The molecule has 2 heterocycles. The van der Waals surface area contributed by atoms with Gasteiger partial charge in [-0.15, -0.1) is 0 Å². The summed E-state index contributed by atoms with van der Waals surface area (Å²) in [5.74, 6) is 0.868. The molecular formula is C27H32N4O3S. The topological polar surface area (TPSA) is 74.8 Å². The van der Waals surface area contributed by atoms with Gasteiger partial charge in [-0.05, 0) is 19.1 Å². The number of amides is 1. The molecule has 0 bridgehead atoms. The van der Waals surface area contributed by atoms with Gasteiger partial charge in [0.05, 0.1) is 12.8 Å². The number of para-hydroxylation sites is 2. The predicted octanol–water partition coefficient (Wildman–Crippen LogP) is 5.08. The fourth-order valence-corrected chi connectivity index (χ4v) is 5.15. The maximum atomic E-state index is 13.4. The number of carbonyl (C=O) groups is 2. The van der Waals surface area contributed by atoms with E-state index >= 15 is 0 Å². The molecule has 1 saturated heterocycles. The van der Waals surface area contributed by atoms with Crippen LogP contribution in [0.2, 0.25) is 0 Å². The molecule has 1 N–H and O–H groups in total. The zero-order valence-corrected chi connectivity index (χ0v) is 21.7. The Hall–Kier alpha value is -3.39. The Kier molecular flexibility index (Phi) is 7.12. The smallest absolute Gasteiger partial charge is 0.230 e. The summed E-state index contributed by atoms with van der Waals surface area (Å²) >= 11 is 1.34. The highest BCUT2D eigenvalue weighted by Crippen LogP contribution is 2.36. The summed E-state index contributed by atoms with van der Waals surface area (Å²) in [4.78, 5) is 35.9. The third kappa shape index (κ3) is 5.32. The van der Waals surface area contributed by atoms with Gasteiger partial charge in [0.25, 0.3) is 0 Å². The van der Waals surface area contributed by atoms with Gasteiger partial charge in [-0.25, -0.2) is 4.98 Å². The summed E-state index contributed by atoms with van der Waals surface area (Å²) in [5.41, 5.74) is 1.03. The van der Waals surface area contributed by atoms with Crippen molar-refractivity contribution < 1.29 is 14.3 Å². The van der Waals surface area contributed by atoms with E-state index in [9.17, 15) is 9.59 Å². The fraction of sp³-hybridized carbons (Fsp3) is 0.370. The molecule has 7 nitrogen and oxygen atoms in total. The number of anilines is 3. The molecule has 1 amide bonds. The van der Waals surface area contributed by atoms with Crippen LogP contribution in [0.5, 0.6) is 5.75 Å². The number of carbonyl (C=O) groups excluding carboxylic acids is 2. The van der Waals surface area contributed by atoms with Crippen molar-refractivity contribution >= 4 is 39.7 Å². The molecule has 2 aromatic carbocycles. The van der Waals surface area contributed by atoms with Crippen molar-refractivity contribution in [3.8, 4) is 5.75 Å². The first kappa shape index (κ1) is 24.7.